The zero-order chi connectivity index (χ0) is 12.7. The highest BCUT2D eigenvalue weighted by Crippen LogP contribution is 2.04. The molecule has 1 unspecified atom stereocenters. The van der Waals surface area contributed by atoms with E-state index in [4.69, 9.17) is 10.9 Å². The molecule has 4 nitrogen and oxygen atoms in total. The minimum atomic E-state index is 0.0370. The third kappa shape index (κ3) is 4.44. The number of rotatable bonds is 6. The van der Waals surface area contributed by atoms with Gasteiger partial charge in [-0.25, -0.2) is 0 Å². The van der Waals surface area contributed by atoms with E-state index < -0.39 is 0 Å². The van der Waals surface area contributed by atoms with Crippen molar-refractivity contribution in [3.63, 3.8) is 0 Å². The summed E-state index contributed by atoms with van der Waals surface area (Å²) in [6, 6.07) is 8.54. The van der Waals surface area contributed by atoms with Crippen LogP contribution in [0.3, 0.4) is 0 Å². The van der Waals surface area contributed by atoms with Gasteiger partial charge in [0.25, 0.3) is 0 Å². The standard InChI is InChI=1S/C13H21N3O/c1-3-11-4-6-12(7-5-11)9-15-8-10(2)13(14)16-17/h4-7,10,15,17H,3,8-9H2,1-2H3,(H2,14,16). The monoisotopic (exact) mass is 235 g/mol. The Hall–Kier alpha value is -1.55. The highest BCUT2D eigenvalue weighted by atomic mass is 16.4. The average molecular weight is 235 g/mol. The van der Waals surface area contributed by atoms with Crippen LogP contribution >= 0.6 is 0 Å². The summed E-state index contributed by atoms with van der Waals surface area (Å²) in [4.78, 5) is 0. The fourth-order valence-corrected chi connectivity index (χ4v) is 1.53. The van der Waals surface area contributed by atoms with E-state index in [1.165, 1.54) is 11.1 Å². The van der Waals surface area contributed by atoms with Crippen molar-refractivity contribution in [1.82, 2.24) is 5.32 Å². The molecule has 1 aromatic carbocycles. The van der Waals surface area contributed by atoms with Gasteiger partial charge in [-0.05, 0) is 17.5 Å². The summed E-state index contributed by atoms with van der Waals surface area (Å²) in [6.45, 7) is 5.56. The largest absolute Gasteiger partial charge is 0.409 e. The normalized spacial score (nSPS) is 13.6. The number of nitrogens with zero attached hydrogens (tertiary/aromatic N) is 1. The van der Waals surface area contributed by atoms with Crippen LogP contribution in [-0.4, -0.2) is 17.6 Å². The molecule has 94 valence electrons. The molecule has 0 spiro atoms. The number of amidine groups is 1. The van der Waals surface area contributed by atoms with E-state index in [1.807, 2.05) is 6.92 Å². The van der Waals surface area contributed by atoms with Crippen molar-refractivity contribution < 1.29 is 5.21 Å². The Morgan fingerprint density at radius 1 is 1.35 bits per heavy atom. The molecule has 1 aromatic rings. The number of hydrogen-bond acceptors (Lipinski definition) is 3. The molecule has 4 N–H and O–H groups in total. The maximum atomic E-state index is 8.51. The summed E-state index contributed by atoms with van der Waals surface area (Å²) in [7, 11) is 0. The smallest absolute Gasteiger partial charge is 0.143 e. The second kappa shape index (κ2) is 6.91. The first-order valence-corrected chi connectivity index (χ1v) is 5.93. The third-order valence-corrected chi connectivity index (χ3v) is 2.83. The fourth-order valence-electron chi connectivity index (χ4n) is 1.53. The lowest BCUT2D eigenvalue weighted by atomic mass is 10.1. The van der Waals surface area contributed by atoms with Crippen LogP contribution in [0.4, 0.5) is 0 Å². The highest BCUT2D eigenvalue weighted by Gasteiger charge is 2.06. The molecular formula is C13H21N3O. The van der Waals surface area contributed by atoms with Gasteiger partial charge in [-0.1, -0.05) is 43.3 Å². The van der Waals surface area contributed by atoms with E-state index >= 15 is 0 Å². The van der Waals surface area contributed by atoms with Gasteiger partial charge in [0.1, 0.15) is 5.84 Å². The molecule has 0 fully saturated rings. The van der Waals surface area contributed by atoms with Crippen LogP contribution in [0.5, 0.6) is 0 Å². The zero-order valence-electron chi connectivity index (χ0n) is 10.5. The summed E-state index contributed by atoms with van der Waals surface area (Å²) in [5.41, 5.74) is 8.08. The van der Waals surface area contributed by atoms with Crippen molar-refractivity contribution in [3.8, 4) is 0 Å². The lowest BCUT2D eigenvalue weighted by Gasteiger charge is -2.11. The van der Waals surface area contributed by atoms with Gasteiger partial charge < -0.3 is 16.3 Å². The number of hydrogen-bond donors (Lipinski definition) is 3. The topological polar surface area (TPSA) is 70.6 Å². The Morgan fingerprint density at radius 3 is 2.47 bits per heavy atom. The van der Waals surface area contributed by atoms with Crippen molar-refractivity contribution in [3.05, 3.63) is 35.4 Å². The van der Waals surface area contributed by atoms with E-state index in [1.54, 1.807) is 0 Å². The second-order valence-electron chi connectivity index (χ2n) is 4.23. The first kappa shape index (κ1) is 13.5. The molecule has 0 saturated carbocycles. The molecule has 0 saturated heterocycles. The Bertz CT molecular complexity index is 359. The molecule has 0 bridgehead atoms. The van der Waals surface area contributed by atoms with Crippen LogP contribution in [0.2, 0.25) is 0 Å². The van der Waals surface area contributed by atoms with Crippen molar-refractivity contribution in [1.29, 1.82) is 0 Å². The molecule has 0 amide bonds. The summed E-state index contributed by atoms with van der Waals surface area (Å²) in [5, 5.41) is 14.8. The first-order chi connectivity index (χ1) is 8.17. The SMILES string of the molecule is CCc1ccc(CNCC(C)/C(N)=N/O)cc1. The maximum Gasteiger partial charge on any atom is 0.143 e. The Balaban J connectivity index is 2.35. The van der Waals surface area contributed by atoms with Gasteiger partial charge in [0.05, 0.1) is 0 Å². The van der Waals surface area contributed by atoms with Crippen molar-refractivity contribution >= 4 is 5.84 Å². The number of oxime groups is 1. The Labute approximate surface area is 103 Å². The second-order valence-corrected chi connectivity index (χ2v) is 4.23. The lowest BCUT2D eigenvalue weighted by Crippen LogP contribution is -2.31. The zero-order valence-corrected chi connectivity index (χ0v) is 10.5. The van der Waals surface area contributed by atoms with Crippen molar-refractivity contribution in [2.75, 3.05) is 6.54 Å². The number of benzene rings is 1. The molecule has 1 atom stereocenters. The van der Waals surface area contributed by atoms with Gasteiger partial charge in [-0.15, -0.1) is 0 Å². The first-order valence-electron chi connectivity index (χ1n) is 5.93. The molecule has 0 heterocycles. The van der Waals surface area contributed by atoms with Crippen LogP contribution in [0.1, 0.15) is 25.0 Å². The van der Waals surface area contributed by atoms with Crippen LogP contribution in [0.25, 0.3) is 0 Å². The predicted molar refractivity (Wildman–Crippen MR) is 70.1 cm³/mol. The Morgan fingerprint density at radius 2 is 1.94 bits per heavy atom. The van der Waals surface area contributed by atoms with E-state index in [2.05, 4.69) is 41.7 Å². The maximum absolute atomic E-state index is 8.51. The van der Waals surface area contributed by atoms with Gasteiger partial charge in [0.15, 0.2) is 0 Å². The fraction of sp³-hybridized carbons (Fsp3) is 0.462. The van der Waals surface area contributed by atoms with E-state index in [-0.39, 0.29) is 11.8 Å². The highest BCUT2D eigenvalue weighted by molar-refractivity contribution is 5.82. The number of aryl methyl sites for hydroxylation is 1. The molecule has 0 aliphatic heterocycles. The summed E-state index contributed by atoms with van der Waals surface area (Å²) < 4.78 is 0. The van der Waals surface area contributed by atoms with Gasteiger partial charge in [-0.2, -0.15) is 0 Å². The molecule has 0 aromatic heterocycles. The molecular weight excluding hydrogens is 214 g/mol. The predicted octanol–water partition coefficient (Wildman–Crippen LogP) is 1.72. The van der Waals surface area contributed by atoms with E-state index in [0.717, 1.165) is 13.0 Å². The summed E-state index contributed by atoms with van der Waals surface area (Å²) in [5.74, 6) is 0.300. The van der Waals surface area contributed by atoms with Crippen molar-refractivity contribution in [2.45, 2.75) is 26.8 Å². The number of nitrogens with one attached hydrogen (secondary N) is 1. The molecule has 0 aliphatic carbocycles. The number of nitrogens with two attached hydrogens (primary N) is 1. The summed E-state index contributed by atoms with van der Waals surface area (Å²) >= 11 is 0. The summed E-state index contributed by atoms with van der Waals surface area (Å²) in [6.07, 6.45) is 1.06. The van der Waals surface area contributed by atoms with Gasteiger partial charge in [0.2, 0.25) is 0 Å². The van der Waals surface area contributed by atoms with E-state index in [9.17, 15) is 0 Å². The van der Waals surface area contributed by atoms with Crippen molar-refractivity contribution in [2.24, 2.45) is 16.8 Å². The molecule has 4 heteroatoms. The minimum absolute atomic E-state index is 0.0370. The van der Waals surface area contributed by atoms with Crippen LogP contribution < -0.4 is 11.1 Å². The minimum Gasteiger partial charge on any atom is -0.409 e. The lowest BCUT2D eigenvalue weighted by molar-refractivity contribution is 0.314. The quantitative estimate of drug-likeness (QED) is 0.304. The van der Waals surface area contributed by atoms with Crippen LogP contribution in [-0.2, 0) is 13.0 Å². The molecule has 1 rings (SSSR count). The average Bonchev–Trinajstić information content (AvgIpc) is 2.38. The van der Waals surface area contributed by atoms with Gasteiger partial charge in [-0.3, -0.25) is 0 Å². The molecule has 17 heavy (non-hydrogen) atoms. The Kier molecular flexibility index (Phi) is 5.49. The van der Waals surface area contributed by atoms with Gasteiger partial charge >= 0.3 is 0 Å². The third-order valence-electron chi connectivity index (χ3n) is 2.83. The molecule has 0 radical (unpaired) electrons. The van der Waals surface area contributed by atoms with Crippen LogP contribution in [0, 0.1) is 5.92 Å². The van der Waals surface area contributed by atoms with Crippen LogP contribution in [0.15, 0.2) is 29.4 Å². The van der Waals surface area contributed by atoms with E-state index in [0.29, 0.717) is 6.54 Å². The van der Waals surface area contributed by atoms with Gasteiger partial charge in [0, 0.05) is 19.0 Å². The molecule has 0 aliphatic rings.